The van der Waals surface area contributed by atoms with Crippen LogP contribution in [0.2, 0.25) is 0 Å². The summed E-state index contributed by atoms with van der Waals surface area (Å²) < 4.78 is 10.1. The fourth-order valence-electron chi connectivity index (χ4n) is 1.40. The highest BCUT2D eigenvalue weighted by Gasteiger charge is 2.16. The van der Waals surface area contributed by atoms with Gasteiger partial charge in [-0.15, -0.1) is 11.6 Å². The maximum atomic E-state index is 10.6. The molecule has 0 heterocycles. The number of aliphatic hydroxyl groups excluding tert-OH is 1. The van der Waals surface area contributed by atoms with E-state index in [0.717, 1.165) is 5.56 Å². The van der Waals surface area contributed by atoms with Crippen LogP contribution in [0, 0.1) is 0 Å². The molecule has 0 aliphatic carbocycles. The molecule has 0 amide bonds. The molecule has 0 aliphatic rings. The van der Waals surface area contributed by atoms with Gasteiger partial charge in [0.25, 0.3) is 0 Å². The minimum absolute atomic E-state index is 0.0664. The van der Waals surface area contributed by atoms with Gasteiger partial charge in [0, 0.05) is 6.92 Å². The zero-order chi connectivity index (χ0) is 14.5. The molecule has 4 nitrogen and oxygen atoms in total. The maximum Gasteiger partial charge on any atom is 0.302 e. The van der Waals surface area contributed by atoms with Crippen molar-refractivity contribution in [3.63, 3.8) is 0 Å². The van der Waals surface area contributed by atoms with Crippen LogP contribution in [0.25, 0.3) is 0 Å². The molecular weight excluding hydrogens is 268 g/mol. The van der Waals surface area contributed by atoms with Crippen LogP contribution in [0.3, 0.4) is 0 Å². The van der Waals surface area contributed by atoms with E-state index in [1.54, 1.807) is 12.1 Å². The van der Waals surface area contributed by atoms with Crippen molar-refractivity contribution in [2.75, 3.05) is 13.2 Å². The number of carbonyl (C=O) groups excluding carboxylic acids is 1. The summed E-state index contributed by atoms with van der Waals surface area (Å²) in [6.45, 7) is 5.11. The van der Waals surface area contributed by atoms with Crippen molar-refractivity contribution in [1.82, 2.24) is 0 Å². The molecule has 0 saturated heterocycles. The Morgan fingerprint density at radius 1 is 1.32 bits per heavy atom. The largest absolute Gasteiger partial charge is 0.491 e. The number of ether oxygens (including phenoxy) is 2. The lowest BCUT2D eigenvalue weighted by Crippen LogP contribution is -2.24. The fraction of sp³-hybridized carbons (Fsp3) is 0.500. The number of benzene rings is 1. The second-order valence-electron chi connectivity index (χ2n) is 4.76. The van der Waals surface area contributed by atoms with Gasteiger partial charge >= 0.3 is 5.97 Å². The van der Waals surface area contributed by atoms with E-state index in [1.165, 1.54) is 6.92 Å². The Labute approximate surface area is 118 Å². The van der Waals surface area contributed by atoms with Gasteiger partial charge in [0.15, 0.2) is 0 Å². The van der Waals surface area contributed by atoms with Gasteiger partial charge in [-0.3, -0.25) is 4.79 Å². The molecular formula is C14H19ClO4. The van der Waals surface area contributed by atoms with Crippen LogP contribution < -0.4 is 4.74 Å². The Morgan fingerprint density at radius 3 is 2.37 bits per heavy atom. The summed E-state index contributed by atoms with van der Waals surface area (Å²) in [7, 11) is 0. The average Bonchev–Trinajstić information content (AvgIpc) is 2.33. The zero-order valence-electron chi connectivity index (χ0n) is 11.4. The predicted octanol–water partition coefficient (Wildman–Crippen LogP) is 2.46. The third kappa shape index (κ3) is 5.94. The SMILES string of the molecule is CC(=O)OC[C@H](O)COc1ccc(C(C)(C)Cl)cc1. The summed E-state index contributed by atoms with van der Waals surface area (Å²) in [5.41, 5.74) is 0.988. The molecule has 0 radical (unpaired) electrons. The topological polar surface area (TPSA) is 55.8 Å². The Balaban J connectivity index is 2.44. The number of hydrogen-bond donors (Lipinski definition) is 1. The van der Waals surface area contributed by atoms with Crippen molar-refractivity contribution in [3.05, 3.63) is 29.8 Å². The monoisotopic (exact) mass is 286 g/mol. The van der Waals surface area contributed by atoms with Gasteiger partial charge in [0.2, 0.25) is 0 Å². The second-order valence-corrected chi connectivity index (χ2v) is 5.71. The lowest BCUT2D eigenvalue weighted by Gasteiger charge is -2.17. The van der Waals surface area contributed by atoms with E-state index in [9.17, 15) is 9.90 Å². The molecule has 1 aromatic carbocycles. The number of rotatable bonds is 6. The number of hydrogen-bond acceptors (Lipinski definition) is 4. The molecule has 106 valence electrons. The summed E-state index contributed by atoms with van der Waals surface area (Å²) in [4.78, 5) is 10.1. The molecule has 0 bridgehead atoms. The first-order chi connectivity index (χ1) is 8.79. The van der Waals surface area contributed by atoms with Gasteiger partial charge in [-0.2, -0.15) is 0 Å². The Kier molecular flexibility index (Phi) is 5.63. The first-order valence-electron chi connectivity index (χ1n) is 6.02. The number of aliphatic hydroxyl groups is 1. The van der Waals surface area contributed by atoms with Gasteiger partial charge in [0.1, 0.15) is 25.1 Å². The second kappa shape index (κ2) is 6.78. The highest BCUT2D eigenvalue weighted by Crippen LogP contribution is 2.28. The van der Waals surface area contributed by atoms with Crippen molar-refractivity contribution in [3.8, 4) is 5.75 Å². The first kappa shape index (κ1) is 15.8. The summed E-state index contributed by atoms with van der Waals surface area (Å²) in [5, 5.41) is 9.52. The smallest absolute Gasteiger partial charge is 0.302 e. The molecule has 5 heteroatoms. The third-order valence-electron chi connectivity index (χ3n) is 2.46. The molecule has 1 atom stereocenters. The number of carbonyl (C=O) groups is 1. The van der Waals surface area contributed by atoms with Crippen molar-refractivity contribution in [1.29, 1.82) is 0 Å². The number of halogens is 1. The normalized spacial score (nSPS) is 12.9. The van der Waals surface area contributed by atoms with E-state index in [-0.39, 0.29) is 13.2 Å². The highest BCUT2D eigenvalue weighted by atomic mass is 35.5. The third-order valence-corrected chi connectivity index (χ3v) is 2.68. The molecule has 0 unspecified atom stereocenters. The van der Waals surface area contributed by atoms with Crippen LogP contribution in [-0.2, 0) is 14.4 Å². The minimum atomic E-state index is -0.840. The van der Waals surface area contributed by atoms with Gasteiger partial charge in [-0.25, -0.2) is 0 Å². The molecule has 1 aromatic rings. The zero-order valence-corrected chi connectivity index (χ0v) is 12.1. The molecule has 1 N–H and O–H groups in total. The highest BCUT2D eigenvalue weighted by molar-refractivity contribution is 6.23. The molecule has 0 fully saturated rings. The summed E-state index contributed by atoms with van der Waals surface area (Å²) in [6, 6.07) is 7.33. The van der Waals surface area contributed by atoms with E-state index >= 15 is 0 Å². The molecule has 0 spiro atoms. The summed E-state index contributed by atoms with van der Waals surface area (Å²) >= 11 is 6.18. The van der Waals surface area contributed by atoms with E-state index in [0.29, 0.717) is 5.75 Å². The Hall–Kier alpha value is -1.26. The molecule has 19 heavy (non-hydrogen) atoms. The van der Waals surface area contributed by atoms with Crippen LogP contribution in [0.15, 0.2) is 24.3 Å². The van der Waals surface area contributed by atoms with Crippen molar-refractivity contribution in [2.24, 2.45) is 0 Å². The van der Waals surface area contributed by atoms with Gasteiger partial charge in [-0.1, -0.05) is 12.1 Å². The van der Waals surface area contributed by atoms with E-state index in [1.807, 2.05) is 26.0 Å². The van der Waals surface area contributed by atoms with Gasteiger partial charge < -0.3 is 14.6 Å². The maximum absolute atomic E-state index is 10.6. The van der Waals surface area contributed by atoms with Crippen molar-refractivity contribution in [2.45, 2.75) is 31.7 Å². The molecule has 0 saturated carbocycles. The van der Waals surface area contributed by atoms with Crippen LogP contribution in [-0.4, -0.2) is 30.4 Å². The molecule has 0 aromatic heterocycles. The van der Waals surface area contributed by atoms with Crippen LogP contribution in [0.4, 0.5) is 0 Å². The standard InChI is InChI=1S/C14H19ClO4/c1-10(16)18-8-12(17)9-19-13-6-4-11(5-7-13)14(2,3)15/h4-7,12,17H,8-9H2,1-3H3/t12-/m0/s1. The quantitative estimate of drug-likeness (QED) is 0.645. The number of alkyl halides is 1. The summed E-state index contributed by atoms with van der Waals surface area (Å²) in [6.07, 6.45) is -0.840. The van der Waals surface area contributed by atoms with Crippen molar-refractivity contribution >= 4 is 17.6 Å². The fourth-order valence-corrected chi connectivity index (χ4v) is 1.53. The summed E-state index contributed by atoms with van der Waals surface area (Å²) in [5.74, 6) is 0.208. The van der Waals surface area contributed by atoms with E-state index in [2.05, 4.69) is 4.74 Å². The Morgan fingerprint density at radius 2 is 1.89 bits per heavy atom. The van der Waals surface area contributed by atoms with Crippen molar-refractivity contribution < 1.29 is 19.4 Å². The van der Waals surface area contributed by atoms with Gasteiger partial charge in [0.05, 0.1) is 4.87 Å². The lowest BCUT2D eigenvalue weighted by molar-refractivity contribution is -0.144. The molecule has 1 rings (SSSR count). The van der Waals surface area contributed by atoms with Crippen LogP contribution in [0.1, 0.15) is 26.3 Å². The minimum Gasteiger partial charge on any atom is -0.491 e. The average molecular weight is 287 g/mol. The van der Waals surface area contributed by atoms with E-state index in [4.69, 9.17) is 16.3 Å². The Bertz CT molecular complexity index is 408. The molecule has 0 aliphatic heterocycles. The number of esters is 1. The predicted molar refractivity (Wildman–Crippen MR) is 73.5 cm³/mol. The van der Waals surface area contributed by atoms with E-state index < -0.39 is 16.9 Å². The van der Waals surface area contributed by atoms with Crippen LogP contribution in [0.5, 0.6) is 5.75 Å². The lowest BCUT2D eigenvalue weighted by atomic mass is 10.0. The first-order valence-corrected chi connectivity index (χ1v) is 6.40. The van der Waals surface area contributed by atoms with Gasteiger partial charge in [-0.05, 0) is 31.5 Å². The van der Waals surface area contributed by atoms with Crippen LogP contribution >= 0.6 is 11.6 Å².